The zero-order valence-electron chi connectivity index (χ0n) is 17.7. The summed E-state index contributed by atoms with van der Waals surface area (Å²) in [7, 11) is -1.56. The molecule has 0 radical (unpaired) electrons. The van der Waals surface area contributed by atoms with Crippen LogP contribution in [0.15, 0.2) is 84.1 Å². The minimum absolute atomic E-state index is 0.271. The first-order valence-corrected chi connectivity index (χ1v) is 11.9. The van der Waals surface area contributed by atoms with E-state index in [1.165, 1.54) is 0 Å². The first-order chi connectivity index (χ1) is 16.0. The van der Waals surface area contributed by atoms with Crippen LogP contribution in [-0.4, -0.2) is 31.9 Å². The van der Waals surface area contributed by atoms with Crippen molar-refractivity contribution >= 4 is 27.4 Å². The van der Waals surface area contributed by atoms with Gasteiger partial charge in [-0.2, -0.15) is 5.10 Å². The van der Waals surface area contributed by atoms with Gasteiger partial charge in [-0.25, -0.2) is 18.8 Å². The predicted molar refractivity (Wildman–Crippen MR) is 131 cm³/mol. The largest absolute Gasteiger partial charge is 0.319 e. The molecule has 1 unspecified atom stereocenters. The van der Waals surface area contributed by atoms with Gasteiger partial charge in [0, 0.05) is 36.6 Å². The topological polar surface area (TPSA) is 111 Å². The van der Waals surface area contributed by atoms with E-state index in [-0.39, 0.29) is 5.54 Å². The Labute approximate surface area is 193 Å². The molecule has 164 valence electrons. The maximum Gasteiger partial charge on any atom is 0.162 e. The smallest absolute Gasteiger partial charge is 0.162 e. The number of nitrogens with zero attached hydrogens (tertiary/aromatic N) is 3. The van der Waals surface area contributed by atoms with Crippen LogP contribution in [0.2, 0.25) is 0 Å². The van der Waals surface area contributed by atoms with Crippen molar-refractivity contribution in [1.82, 2.24) is 19.9 Å². The molecule has 8 heteroatoms. The van der Waals surface area contributed by atoms with Crippen LogP contribution < -0.4 is 16.2 Å². The molecular weight excluding hydrogens is 432 g/mol. The molecule has 0 saturated carbocycles. The molecule has 0 amide bonds. The van der Waals surface area contributed by atoms with E-state index < -0.39 is 11.0 Å². The Morgan fingerprint density at radius 1 is 0.909 bits per heavy atom. The molecule has 3 aromatic carbocycles. The molecule has 1 saturated heterocycles. The molecule has 5 N–H and O–H groups in total. The zero-order chi connectivity index (χ0) is 22.6. The number of nitrogens with two attached hydrogens (primary N) is 2. The minimum atomic E-state index is -1.56. The van der Waals surface area contributed by atoms with Gasteiger partial charge in [-0.15, -0.1) is 0 Å². The highest BCUT2D eigenvalue weighted by molar-refractivity contribution is 7.83. The number of rotatable bonds is 4. The number of hydrogen-bond donors (Lipinski definition) is 3. The molecule has 0 spiro atoms. The summed E-state index contributed by atoms with van der Waals surface area (Å²) in [6.07, 6.45) is 5.66. The summed E-state index contributed by atoms with van der Waals surface area (Å²) in [5.41, 5.74) is 11.9. The number of benzene rings is 3. The van der Waals surface area contributed by atoms with Gasteiger partial charge in [-0.05, 0) is 33.5 Å². The van der Waals surface area contributed by atoms with Crippen molar-refractivity contribution in [2.75, 3.05) is 13.1 Å². The van der Waals surface area contributed by atoms with Crippen molar-refractivity contribution in [2.45, 2.75) is 10.4 Å². The van der Waals surface area contributed by atoms with E-state index in [1.54, 1.807) is 4.52 Å². The van der Waals surface area contributed by atoms with Gasteiger partial charge >= 0.3 is 0 Å². The van der Waals surface area contributed by atoms with Crippen LogP contribution in [0.5, 0.6) is 0 Å². The fourth-order valence-corrected chi connectivity index (χ4v) is 5.09. The molecule has 1 aliphatic rings. The summed E-state index contributed by atoms with van der Waals surface area (Å²) in [6, 6.07) is 19.9. The molecule has 2 aromatic heterocycles. The molecule has 1 aliphatic heterocycles. The van der Waals surface area contributed by atoms with E-state index in [2.05, 4.69) is 34.7 Å². The van der Waals surface area contributed by atoms with Crippen molar-refractivity contribution in [2.24, 2.45) is 10.9 Å². The van der Waals surface area contributed by atoms with Gasteiger partial charge in [0.05, 0.1) is 16.6 Å². The summed E-state index contributed by atoms with van der Waals surface area (Å²) in [5.74, 6) is 0. The van der Waals surface area contributed by atoms with Crippen molar-refractivity contribution in [3.8, 4) is 22.3 Å². The predicted octanol–water partition coefficient (Wildman–Crippen LogP) is 2.96. The van der Waals surface area contributed by atoms with Crippen LogP contribution in [0.25, 0.3) is 38.7 Å². The van der Waals surface area contributed by atoms with Gasteiger partial charge in [-0.3, -0.25) is 0 Å². The van der Waals surface area contributed by atoms with E-state index in [9.17, 15) is 4.21 Å². The molecule has 1 fully saturated rings. The number of aromatic nitrogens is 3. The molecular formula is C25H22N6OS. The first kappa shape index (κ1) is 20.2. The fourth-order valence-electron chi connectivity index (χ4n) is 4.49. The maximum atomic E-state index is 12.0. The Hall–Kier alpha value is -3.43. The quantitative estimate of drug-likeness (QED) is 0.387. The molecule has 0 aliphatic carbocycles. The SMILES string of the molecule is NS(=O)c1ccc(-c2cnn3cc(-c4ccc(C5(N)CNC5)cc4)cnc23)c2ccccc12. The second kappa shape index (κ2) is 7.57. The lowest BCUT2D eigenvalue weighted by Crippen LogP contribution is -2.62. The third kappa shape index (κ3) is 3.27. The maximum absolute atomic E-state index is 12.0. The van der Waals surface area contributed by atoms with E-state index in [1.807, 2.05) is 55.0 Å². The molecule has 0 bridgehead atoms. The van der Waals surface area contributed by atoms with Gasteiger partial charge in [0.25, 0.3) is 0 Å². The zero-order valence-corrected chi connectivity index (χ0v) is 18.5. The van der Waals surface area contributed by atoms with Crippen LogP contribution in [0.4, 0.5) is 0 Å². The highest BCUT2D eigenvalue weighted by atomic mass is 32.2. The molecule has 7 nitrogen and oxygen atoms in total. The standard InChI is InChI=1S/C25H22N6OS/c26-25(14-28-15-25)18-7-5-16(6-8-18)17-11-29-24-22(12-30-31(24)13-17)20-9-10-23(33(27)32)21-4-2-1-3-19(20)21/h1-13,28H,14-15,26-27H2. The summed E-state index contributed by atoms with van der Waals surface area (Å²) >= 11 is 0. The van der Waals surface area contributed by atoms with E-state index in [0.29, 0.717) is 4.90 Å². The van der Waals surface area contributed by atoms with Gasteiger partial charge < -0.3 is 11.1 Å². The average molecular weight is 455 g/mol. The summed E-state index contributed by atoms with van der Waals surface area (Å²) in [6.45, 7) is 1.60. The Kier molecular flexibility index (Phi) is 4.63. The lowest BCUT2D eigenvalue weighted by Gasteiger charge is -2.39. The van der Waals surface area contributed by atoms with Crippen LogP contribution in [0.1, 0.15) is 5.56 Å². The number of hydrogen-bond acceptors (Lipinski definition) is 5. The van der Waals surface area contributed by atoms with Gasteiger partial charge in [-0.1, -0.05) is 54.6 Å². The fraction of sp³-hybridized carbons (Fsp3) is 0.120. The molecule has 33 heavy (non-hydrogen) atoms. The average Bonchev–Trinajstić information content (AvgIpc) is 3.25. The van der Waals surface area contributed by atoms with Gasteiger partial charge in [0.15, 0.2) is 5.65 Å². The Bertz CT molecular complexity index is 1540. The molecule has 5 aromatic rings. The lowest BCUT2D eigenvalue weighted by atomic mass is 9.85. The Morgan fingerprint density at radius 3 is 2.36 bits per heavy atom. The first-order valence-electron chi connectivity index (χ1n) is 10.7. The van der Waals surface area contributed by atoms with Crippen LogP contribution in [0, 0.1) is 0 Å². The molecule has 6 rings (SSSR count). The van der Waals surface area contributed by atoms with Crippen molar-refractivity contribution in [1.29, 1.82) is 0 Å². The van der Waals surface area contributed by atoms with Crippen molar-refractivity contribution in [3.63, 3.8) is 0 Å². The van der Waals surface area contributed by atoms with E-state index >= 15 is 0 Å². The molecule has 1 atom stereocenters. The Morgan fingerprint density at radius 2 is 1.67 bits per heavy atom. The number of nitrogens with one attached hydrogen (secondary N) is 1. The third-order valence-corrected chi connectivity index (χ3v) is 7.21. The van der Waals surface area contributed by atoms with Gasteiger partial charge in [0.2, 0.25) is 0 Å². The molecule has 3 heterocycles. The Balaban J connectivity index is 1.41. The van der Waals surface area contributed by atoms with Crippen LogP contribution in [-0.2, 0) is 16.5 Å². The summed E-state index contributed by atoms with van der Waals surface area (Å²) in [5, 5.41) is 15.3. The highest BCUT2D eigenvalue weighted by Gasteiger charge is 2.33. The van der Waals surface area contributed by atoms with Gasteiger partial charge in [0.1, 0.15) is 11.0 Å². The second-order valence-electron chi connectivity index (χ2n) is 8.46. The summed E-state index contributed by atoms with van der Waals surface area (Å²) in [4.78, 5) is 5.35. The van der Waals surface area contributed by atoms with E-state index in [4.69, 9.17) is 15.9 Å². The normalized spacial score (nSPS) is 16.1. The second-order valence-corrected chi connectivity index (χ2v) is 9.50. The van der Waals surface area contributed by atoms with Crippen molar-refractivity contribution in [3.05, 3.63) is 84.8 Å². The van der Waals surface area contributed by atoms with E-state index in [0.717, 1.165) is 57.3 Å². The minimum Gasteiger partial charge on any atom is -0.319 e. The highest BCUT2D eigenvalue weighted by Crippen LogP contribution is 2.34. The van der Waals surface area contributed by atoms with Crippen molar-refractivity contribution < 1.29 is 4.21 Å². The number of fused-ring (bicyclic) bond motifs is 2. The summed E-state index contributed by atoms with van der Waals surface area (Å²) < 4.78 is 13.8. The lowest BCUT2D eigenvalue weighted by molar-refractivity contribution is 0.287. The van der Waals surface area contributed by atoms with Crippen LogP contribution >= 0.6 is 0 Å². The monoisotopic (exact) mass is 454 g/mol. The third-order valence-electron chi connectivity index (χ3n) is 6.42. The van der Waals surface area contributed by atoms with Crippen LogP contribution in [0.3, 0.4) is 0 Å².